The van der Waals surface area contributed by atoms with E-state index in [0.29, 0.717) is 26.1 Å². The number of anilines is 1. The molecule has 1 aliphatic heterocycles. The topological polar surface area (TPSA) is 64.8 Å². The number of nitrogen functional groups attached to an aromatic ring is 1. The summed E-state index contributed by atoms with van der Waals surface area (Å²) in [6, 6.07) is 7.54. The summed E-state index contributed by atoms with van der Waals surface area (Å²) >= 11 is 0. The molecule has 0 spiro atoms. The standard InChI is InChI=1S/C15H22N2O3/c1-17-8-9-19-14(10-17)11-20-15(18)7-4-12-2-5-13(16)6-3-12/h2-3,5-6,14H,4,7-11,16H2,1H3. The van der Waals surface area contributed by atoms with E-state index in [0.717, 1.165) is 24.3 Å². The fraction of sp³-hybridized carbons (Fsp3) is 0.533. The zero-order chi connectivity index (χ0) is 14.4. The first kappa shape index (κ1) is 14.8. The summed E-state index contributed by atoms with van der Waals surface area (Å²) in [5.41, 5.74) is 7.43. The summed E-state index contributed by atoms with van der Waals surface area (Å²) in [5.74, 6) is -0.182. The van der Waals surface area contributed by atoms with Gasteiger partial charge in [0.25, 0.3) is 0 Å². The molecule has 110 valence electrons. The maximum atomic E-state index is 11.7. The van der Waals surface area contributed by atoms with Crippen LogP contribution in [0.3, 0.4) is 0 Å². The molecular formula is C15H22N2O3. The molecule has 0 saturated carbocycles. The van der Waals surface area contributed by atoms with E-state index in [-0.39, 0.29) is 12.1 Å². The summed E-state index contributed by atoms with van der Waals surface area (Å²) in [7, 11) is 2.04. The number of ether oxygens (including phenoxy) is 2. The van der Waals surface area contributed by atoms with Crippen molar-refractivity contribution >= 4 is 11.7 Å². The van der Waals surface area contributed by atoms with E-state index in [2.05, 4.69) is 4.90 Å². The van der Waals surface area contributed by atoms with Crippen molar-refractivity contribution in [2.45, 2.75) is 18.9 Å². The van der Waals surface area contributed by atoms with E-state index in [1.165, 1.54) is 0 Å². The van der Waals surface area contributed by atoms with Crippen molar-refractivity contribution in [3.8, 4) is 0 Å². The van der Waals surface area contributed by atoms with E-state index < -0.39 is 0 Å². The lowest BCUT2D eigenvalue weighted by atomic mass is 10.1. The molecule has 1 aromatic rings. The lowest BCUT2D eigenvalue weighted by molar-refractivity contribution is -0.150. The maximum Gasteiger partial charge on any atom is 0.306 e. The first-order valence-corrected chi connectivity index (χ1v) is 6.93. The monoisotopic (exact) mass is 278 g/mol. The Balaban J connectivity index is 1.66. The molecule has 5 heteroatoms. The molecule has 1 unspecified atom stereocenters. The Morgan fingerprint density at radius 3 is 2.90 bits per heavy atom. The minimum absolute atomic E-state index is 0.00535. The molecule has 0 bridgehead atoms. The predicted molar refractivity (Wildman–Crippen MR) is 77.4 cm³/mol. The van der Waals surface area contributed by atoms with E-state index in [9.17, 15) is 4.79 Å². The van der Waals surface area contributed by atoms with Gasteiger partial charge in [-0.2, -0.15) is 0 Å². The van der Waals surface area contributed by atoms with Gasteiger partial charge in [-0.3, -0.25) is 4.79 Å². The van der Waals surface area contributed by atoms with Crippen molar-refractivity contribution in [3.63, 3.8) is 0 Å². The Morgan fingerprint density at radius 2 is 2.20 bits per heavy atom. The molecular weight excluding hydrogens is 256 g/mol. The molecule has 1 aliphatic rings. The molecule has 0 amide bonds. The maximum absolute atomic E-state index is 11.7. The van der Waals surface area contributed by atoms with Gasteiger partial charge < -0.3 is 20.1 Å². The van der Waals surface area contributed by atoms with Crippen LogP contribution in [0.2, 0.25) is 0 Å². The van der Waals surface area contributed by atoms with E-state index in [1.807, 2.05) is 31.3 Å². The summed E-state index contributed by atoms with van der Waals surface area (Å²) in [5, 5.41) is 0. The second kappa shape index (κ2) is 7.26. The number of rotatable bonds is 5. The van der Waals surface area contributed by atoms with Crippen molar-refractivity contribution < 1.29 is 14.3 Å². The van der Waals surface area contributed by atoms with Crippen LogP contribution in [0.25, 0.3) is 0 Å². The van der Waals surface area contributed by atoms with Crippen molar-refractivity contribution in [1.29, 1.82) is 0 Å². The van der Waals surface area contributed by atoms with Gasteiger partial charge in [-0.1, -0.05) is 12.1 Å². The molecule has 1 saturated heterocycles. The fourth-order valence-electron chi connectivity index (χ4n) is 2.16. The molecule has 2 N–H and O–H groups in total. The van der Waals surface area contributed by atoms with Crippen LogP contribution in [0.15, 0.2) is 24.3 Å². The quantitative estimate of drug-likeness (QED) is 0.645. The number of likely N-dealkylation sites (N-methyl/N-ethyl adjacent to an activating group) is 1. The number of carbonyl (C=O) groups excluding carboxylic acids is 1. The van der Waals surface area contributed by atoms with Gasteiger partial charge in [0.1, 0.15) is 12.7 Å². The lowest BCUT2D eigenvalue weighted by Crippen LogP contribution is -2.42. The van der Waals surface area contributed by atoms with Crippen LogP contribution < -0.4 is 5.73 Å². The minimum Gasteiger partial charge on any atom is -0.463 e. The van der Waals surface area contributed by atoms with Gasteiger partial charge in [0.15, 0.2) is 0 Å². The Kier molecular flexibility index (Phi) is 5.38. The third-order valence-electron chi connectivity index (χ3n) is 3.37. The van der Waals surface area contributed by atoms with Crippen molar-refractivity contribution in [2.75, 3.05) is 39.1 Å². The van der Waals surface area contributed by atoms with Crippen LogP contribution in [-0.4, -0.2) is 50.3 Å². The number of carbonyl (C=O) groups is 1. The molecule has 5 nitrogen and oxygen atoms in total. The van der Waals surface area contributed by atoms with Crippen LogP contribution in [-0.2, 0) is 20.7 Å². The summed E-state index contributed by atoms with van der Waals surface area (Å²) in [6.07, 6.45) is 1.05. The Labute approximate surface area is 119 Å². The Morgan fingerprint density at radius 1 is 1.45 bits per heavy atom. The van der Waals surface area contributed by atoms with Gasteiger partial charge in [0, 0.05) is 25.2 Å². The first-order valence-electron chi connectivity index (χ1n) is 6.93. The van der Waals surface area contributed by atoms with Crippen molar-refractivity contribution in [2.24, 2.45) is 0 Å². The summed E-state index contributed by atoms with van der Waals surface area (Å²) in [4.78, 5) is 13.9. The number of hydrogen-bond acceptors (Lipinski definition) is 5. The lowest BCUT2D eigenvalue weighted by Gasteiger charge is -2.29. The van der Waals surface area contributed by atoms with E-state index in [4.69, 9.17) is 15.2 Å². The van der Waals surface area contributed by atoms with E-state index in [1.54, 1.807) is 0 Å². The number of esters is 1. The smallest absolute Gasteiger partial charge is 0.306 e. The molecule has 0 radical (unpaired) electrons. The number of hydrogen-bond donors (Lipinski definition) is 1. The largest absolute Gasteiger partial charge is 0.463 e. The highest BCUT2D eigenvalue weighted by atomic mass is 16.6. The number of nitrogens with zero attached hydrogens (tertiary/aromatic N) is 1. The summed E-state index contributed by atoms with van der Waals surface area (Å²) in [6.45, 7) is 2.78. The molecule has 0 aromatic heterocycles. The average molecular weight is 278 g/mol. The minimum atomic E-state index is -0.182. The predicted octanol–water partition coefficient (Wildman–Crippen LogP) is 1.08. The van der Waals surface area contributed by atoms with Gasteiger partial charge in [-0.05, 0) is 31.2 Å². The van der Waals surface area contributed by atoms with Crippen LogP contribution in [0.5, 0.6) is 0 Å². The number of aryl methyl sites for hydroxylation is 1. The molecule has 2 rings (SSSR count). The third-order valence-corrected chi connectivity index (χ3v) is 3.37. The molecule has 0 aliphatic carbocycles. The Hall–Kier alpha value is -1.59. The second-order valence-corrected chi connectivity index (χ2v) is 5.18. The zero-order valence-electron chi connectivity index (χ0n) is 11.9. The highest BCUT2D eigenvalue weighted by Crippen LogP contribution is 2.09. The Bertz CT molecular complexity index is 433. The number of morpholine rings is 1. The van der Waals surface area contributed by atoms with Gasteiger partial charge in [0.05, 0.1) is 6.61 Å². The van der Waals surface area contributed by atoms with Gasteiger partial charge in [-0.25, -0.2) is 0 Å². The van der Waals surface area contributed by atoms with Crippen LogP contribution in [0, 0.1) is 0 Å². The van der Waals surface area contributed by atoms with Crippen molar-refractivity contribution in [1.82, 2.24) is 4.90 Å². The van der Waals surface area contributed by atoms with Crippen LogP contribution in [0.4, 0.5) is 5.69 Å². The zero-order valence-corrected chi connectivity index (χ0v) is 11.9. The molecule has 1 atom stereocenters. The number of benzene rings is 1. The molecule has 1 aromatic carbocycles. The highest BCUT2D eigenvalue weighted by Gasteiger charge is 2.19. The van der Waals surface area contributed by atoms with Gasteiger partial charge in [0.2, 0.25) is 0 Å². The second-order valence-electron chi connectivity index (χ2n) is 5.18. The average Bonchev–Trinajstić information content (AvgIpc) is 2.45. The van der Waals surface area contributed by atoms with Crippen molar-refractivity contribution in [3.05, 3.63) is 29.8 Å². The van der Waals surface area contributed by atoms with Crippen LogP contribution in [0.1, 0.15) is 12.0 Å². The third kappa shape index (κ3) is 4.83. The number of nitrogens with two attached hydrogens (primary N) is 1. The fourth-order valence-corrected chi connectivity index (χ4v) is 2.16. The molecule has 1 heterocycles. The summed E-state index contributed by atoms with van der Waals surface area (Å²) < 4.78 is 10.8. The van der Waals surface area contributed by atoms with Crippen LogP contribution >= 0.6 is 0 Å². The first-order chi connectivity index (χ1) is 9.63. The molecule has 1 fully saturated rings. The highest BCUT2D eigenvalue weighted by molar-refractivity contribution is 5.69. The normalized spacial score (nSPS) is 19.8. The van der Waals surface area contributed by atoms with E-state index >= 15 is 0 Å². The SMILES string of the molecule is CN1CCOC(COC(=O)CCc2ccc(N)cc2)C1. The van der Waals surface area contributed by atoms with Gasteiger partial charge in [-0.15, -0.1) is 0 Å². The van der Waals surface area contributed by atoms with Gasteiger partial charge >= 0.3 is 5.97 Å². The molecule has 20 heavy (non-hydrogen) atoms.